The summed E-state index contributed by atoms with van der Waals surface area (Å²) in [7, 11) is 0. The van der Waals surface area contributed by atoms with Crippen molar-refractivity contribution in [3.8, 4) is 0 Å². The molecule has 0 unspecified atom stereocenters. The minimum atomic E-state index is -0.0266. The Labute approximate surface area is 61.4 Å². The van der Waals surface area contributed by atoms with Crippen LogP contribution in [0.25, 0.3) is 0 Å². The molecule has 3 heteroatoms. The van der Waals surface area contributed by atoms with Gasteiger partial charge in [0.25, 0.3) is 0 Å². The van der Waals surface area contributed by atoms with E-state index in [1.807, 2.05) is 0 Å². The van der Waals surface area contributed by atoms with Crippen LogP contribution in [0.1, 0.15) is 19.8 Å². The molecule has 0 amide bonds. The predicted molar refractivity (Wildman–Crippen MR) is 39.8 cm³/mol. The van der Waals surface area contributed by atoms with Gasteiger partial charge in [-0.1, -0.05) is 0 Å². The molecule has 0 aliphatic carbocycles. The number of aldehydes is 1. The number of piperidine rings is 1. The lowest BCUT2D eigenvalue weighted by molar-refractivity contribution is -0.106. The highest BCUT2D eigenvalue weighted by molar-refractivity contribution is 5.44. The summed E-state index contributed by atoms with van der Waals surface area (Å²) in [6.07, 6.45) is 2.58. The number of nitrogens with one attached hydrogen (secondary N) is 1. The van der Waals surface area contributed by atoms with Gasteiger partial charge in [-0.25, -0.2) is 0 Å². The van der Waals surface area contributed by atoms with Crippen molar-refractivity contribution in [3.05, 3.63) is 0 Å². The molecule has 1 saturated heterocycles. The minimum absolute atomic E-state index is 0.0266. The fourth-order valence-electron chi connectivity index (χ4n) is 0.807. The lowest BCUT2D eigenvalue weighted by atomic mass is 10.1. The Kier molecular flexibility index (Phi) is 6.43. The minimum Gasteiger partial charge on any atom is -0.393 e. The Morgan fingerprint density at radius 1 is 1.50 bits per heavy atom. The largest absolute Gasteiger partial charge is 0.393 e. The van der Waals surface area contributed by atoms with E-state index in [0.717, 1.165) is 32.2 Å². The van der Waals surface area contributed by atoms with Crippen molar-refractivity contribution in [2.24, 2.45) is 0 Å². The van der Waals surface area contributed by atoms with Crippen LogP contribution >= 0.6 is 0 Å². The van der Waals surface area contributed by atoms with E-state index in [1.165, 1.54) is 6.92 Å². The molecule has 1 heterocycles. The zero-order valence-corrected chi connectivity index (χ0v) is 6.34. The maximum Gasteiger partial charge on any atom is 0.116 e. The van der Waals surface area contributed by atoms with Crippen molar-refractivity contribution < 1.29 is 9.90 Å². The molecule has 1 aliphatic rings. The summed E-state index contributed by atoms with van der Waals surface area (Å²) in [6, 6.07) is 0. The smallest absolute Gasteiger partial charge is 0.116 e. The second kappa shape index (κ2) is 6.71. The van der Waals surface area contributed by atoms with E-state index in [2.05, 4.69) is 5.32 Å². The second-order valence-electron chi connectivity index (χ2n) is 2.22. The van der Waals surface area contributed by atoms with Crippen molar-refractivity contribution in [1.29, 1.82) is 0 Å². The second-order valence-corrected chi connectivity index (χ2v) is 2.22. The quantitative estimate of drug-likeness (QED) is 0.469. The van der Waals surface area contributed by atoms with E-state index in [-0.39, 0.29) is 6.10 Å². The highest BCUT2D eigenvalue weighted by Gasteiger charge is 2.06. The summed E-state index contributed by atoms with van der Waals surface area (Å²) < 4.78 is 0. The van der Waals surface area contributed by atoms with E-state index >= 15 is 0 Å². The summed E-state index contributed by atoms with van der Waals surface area (Å²) in [6.45, 7) is 3.42. The molecule has 1 fully saturated rings. The maximum absolute atomic E-state index is 8.87. The SMILES string of the molecule is CC=O.OC1CCNCC1. The van der Waals surface area contributed by atoms with Crippen LogP contribution in [0.3, 0.4) is 0 Å². The van der Waals surface area contributed by atoms with E-state index < -0.39 is 0 Å². The topological polar surface area (TPSA) is 49.3 Å². The molecular formula is C7H15NO2. The molecule has 0 radical (unpaired) electrons. The Morgan fingerprint density at radius 2 is 1.90 bits per heavy atom. The van der Waals surface area contributed by atoms with E-state index in [9.17, 15) is 0 Å². The molecule has 2 N–H and O–H groups in total. The molecule has 0 aromatic rings. The summed E-state index contributed by atoms with van der Waals surface area (Å²) in [4.78, 5) is 8.81. The average Bonchev–Trinajstić information content (AvgIpc) is 1.91. The van der Waals surface area contributed by atoms with Gasteiger partial charge >= 0.3 is 0 Å². The van der Waals surface area contributed by atoms with Crippen LogP contribution in [-0.2, 0) is 4.79 Å². The lowest BCUT2D eigenvalue weighted by Gasteiger charge is -2.16. The Bertz CT molecular complexity index is 79.7. The van der Waals surface area contributed by atoms with Crippen molar-refractivity contribution in [3.63, 3.8) is 0 Å². The van der Waals surface area contributed by atoms with Crippen molar-refractivity contribution >= 4 is 6.29 Å². The number of carbonyl (C=O) groups is 1. The van der Waals surface area contributed by atoms with Gasteiger partial charge < -0.3 is 15.2 Å². The first-order valence-corrected chi connectivity index (χ1v) is 3.59. The molecule has 0 spiro atoms. The standard InChI is InChI=1S/C5H11NO.C2H4O/c7-5-1-3-6-4-2-5;1-2-3/h5-7H,1-4H2;2H,1H3. The first-order valence-electron chi connectivity index (χ1n) is 3.59. The van der Waals surface area contributed by atoms with Crippen LogP contribution in [0.2, 0.25) is 0 Å². The predicted octanol–water partition coefficient (Wildman–Crippen LogP) is -0.0641. The summed E-state index contributed by atoms with van der Waals surface area (Å²) in [5.74, 6) is 0. The number of carbonyl (C=O) groups excluding carboxylic acids is 1. The van der Waals surface area contributed by atoms with E-state index in [4.69, 9.17) is 9.90 Å². The third kappa shape index (κ3) is 5.72. The highest BCUT2D eigenvalue weighted by Crippen LogP contribution is 1.99. The van der Waals surface area contributed by atoms with Gasteiger partial charge in [0.1, 0.15) is 6.29 Å². The highest BCUT2D eigenvalue weighted by atomic mass is 16.3. The molecule has 0 saturated carbocycles. The molecule has 0 bridgehead atoms. The third-order valence-electron chi connectivity index (χ3n) is 1.31. The van der Waals surface area contributed by atoms with Gasteiger partial charge in [0.15, 0.2) is 0 Å². The first-order chi connectivity index (χ1) is 4.81. The van der Waals surface area contributed by atoms with Gasteiger partial charge in [0.2, 0.25) is 0 Å². The molecular weight excluding hydrogens is 130 g/mol. The zero-order chi connectivity index (χ0) is 7.82. The summed E-state index contributed by atoms with van der Waals surface area (Å²) >= 11 is 0. The van der Waals surface area contributed by atoms with Gasteiger partial charge in [-0.3, -0.25) is 0 Å². The third-order valence-corrected chi connectivity index (χ3v) is 1.31. The summed E-state index contributed by atoms with van der Waals surface area (Å²) in [5.41, 5.74) is 0. The average molecular weight is 145 g/mol. The maximum atomic E-state index is 8.87. The Morgan fingerprint density at radius 3 is 2.10 bits per heavy atom. The number of aliphatic hydroxyl groups is 1. The molecule has 0 atom stereocenters. The monoisotopic (exact) mass is 145 g/mol. The van der Waals surface area contributed by atoms with Crippen LogP contribution in [0.15, 0.2) is 0 Å². The molecule has 0 aromatic carbocycles. The molecule has 0 aromatic heterocycles. The lowest BCUT2D eigenvalue weighted by Crippen LogP contribution is -2.30. The number of aliphatic hydroxyl groups excluding tert-OH is 1. The van der Waals surface area contributed by atoms with Gasteiger partial charge in [-0.05, 0) is 32.9 Å². The van der Waals surface area contributed by atoms with Crippen LogP contribution in [0.5, 0.6) is 0 Å². The van der Waals surface area contributed by atoms with Gasteiger partial charge in [-0.2, -0.15) is 0 Å². The van der Waals surface area contributed by atoms with E-state index in [1.54, 1.807) is 0 Å². The van der Waals surface area contributed by atoms with Crippen molar-refractivity contribution in [2.45, 2.75) is 25.9 Å². The van der Waals surface area contributed by atoms with Crippen molar-refractivity contribution in [1.82, 2.24) is 5.32 Å². The van der Waals surface area contributed by atoms with E-state index in [0.29, 0.717) is 0 Å². The fraction of sp³-hybridized carbons (Fsp3) is 0.857. The van der Waals surface area contributed by atoms with Crippen LogP contribution < -0.4 is 5.32 Å². The fourth-order valence-corrected chi connectivity index (χ4v) is 0.807. The van der Waals surface area contributed by atoms with Gasteiger partial charge in [-0.15, -0.1) is 0 Å². The van der Waals surface area contributed by atoms with Crippen LogP contribution in [0.4, 0.5) is 0 Å². The number of rotatable bonds is 0. The van der Waals surface area contributed by atoms with Crippen molar-refractivity contribution in [2.75, 3.05) is 13.1 Å². The summed E-state index contributed by atoms with van der Waals surface area (Å²) in [5, 5.41) is 12.0. The molecule has 3 nitrogen and oxygen atoms in total. The number of hydrogen-bond acceptors (Lipinski definition) is 3. The van der Waals surface area contributed by atoms with Crippen LogP contribution in [0, 0.1) is 0 Å². The first kappa shape index (κ1) is 9.59. The normalized spacial score (nSPS) is 19.0. The molecule has 10 heavy (non-hydrogen) atoms. The van der Waals surface area contributed by atoms with Gasteiger partial charge in [0.05, 0.1) is 6.10 Å². The Balaban J connectivity index is 0.000000236. The zero-order valence-electron chi connectivity index (χ0n) is 6.34. The molecule has 1 rings (SSSR count). The van der Waals surface area contributed by atoms with Crippen LogP contribution in [-0.4, -0.2) is 30.6 Å². The molecule has 1 aliphatic heterocycles. The molecule has 60 valence electrons. The number of hydrogen-bond donors (Lipinski definition) is 2. The Hall–Kier alpha value is -0.410. The van der Waals surface area contributed by atoms with Gasteiger partial charge in [0, 0.05) is 0 Å².